The van der Waals surface area contributed by atoms with Gasteiger partial charge in [0.05, 0.1) is 11.4 Å². The zero-order valence-electron chi connectivity index (χ0n) is 12.3. The van der Waals surface area contributed by atoms with Gasteiger partial charge in [0.1, 0.15) is 4.90 Å². The van der Waals surface area contributed by atoms with Gasteiger partial charge in [-0.3, -0.25) is 9.89 Å². The lowest BCUT2D eigenvalue weighted by molar-refractivity contribution is -0.119. The zero-order valence-corrected chi connectivity index (χ0v) is 13.1. The number of H-pyrrole nitrogens is 1. The smallest absolute Gasteiger partial charge is 0.246 e. The first-order valence-corrected chi connectivity index (χ1v) is 8.57. The third-order valence-electron chi connectivity index (χ3n) is 4.64. The molecule has 8 heteroatoms. The molecule has 1 aromatic rings. The number of piperidine rings is 1. The number of aromatic amines is 1. The van der Waals surface area contributed by atoms with Gasteiger partial charge in [0.2, 0.25) is 15.9 Å². The maximum atomic E-state index is 12.7. The molecule has 0 saturated carbocycles. The van der Waals surface area contributed by atoms with E-state index in [-0.39, 0.29) is 11.3 Å². The first-order chi connectivity index (χ1) is 9.84. The molecule has 1 amide bonds. The maximum absolute atomic E-state index is 12.7. The molecule has 116 valence electrons. The van der Waals surface area contributed by atoms with Crippen LogP contribution in [-0.4, -0.2) is 48.5 Å². The first-order valence-electron chi connectivity index (χ1n) is 7.13. The van der Waals surface area contributed by atoms with Crippen LogP contribution in [0.1, 0.15) is 30.7 Å². The van der Waals surface area contributed by atoms with Gasteiger partial charge >= 0.3 is 0 Å². The van der Waals surface area contributed by atoms with Crippen molar-refractivity contribution in [1.82, 2.24) is 19.8 Å². The van der Waals surface area contributed by atoms with Crippen molar-refractivity contribution >= 4 is 15.9 Å². The van der Waals surface area contributed by atoms with Crippen LogP contribution in [0.5, 0.6) is 0 Å². The maximum Gasteiger partial charge on any atom is 0.246 e. The Balaban J connectivity index is 1.79. The van der Waals surface area contributed by atoms with Crippen LogP contribution in [0.2, 0.25) is 0 Å². The number of carbonyl (C=O) groups excluding carboxylic acids is 1. The molecule has 1 spiro atoms. The number of hydrogen-bond acceptors (Lipinski definition) is 4. The fourth-order valence-corrected chi connectivity index (χ4v) is 5.13. The number of carbonyl (C=O) groups is 1. The molecule has 0 aromatic carbocycles. The second kappa shape index (κ2) is 4.81. The van der Waals surface area contributed by atoms with Crippen LogP contribution in [0.15, 0.2) is 4.90 Å². The van der Waals surface area contributed by atoms with Gasteiger partial charge in [-0.1, -0.05) is 0 Å². The normalized spacial score (nSPS) is 22.7. The molecule has 2 saturated heterocycles. The number of nitrogens with one attached hydrogen (secondary N) is 2. The Hall–Kier alpha value is -1.41. The van der Waals surface area contributed by atoms with Gasteiger partial charge in [0.25, 0.3) is 0 Å². The third-order valence-corrected chi connectivity index (χ3v) is 6.80. The van der Waals surface area contributed by atoms with E-state index in [9.17, 15) is 13.2 Å². The van der Waals surface area contributed by atoms with Gasteiger partial charge in [-0.05, 0) is 32.1 Å². The minimum Gasteiger partial charge on any atom is -0.356 e. The van der Waals surface area contributed by atoms with E-state index in [0.717, 1.165) is 12.8 Å². The minimum atomic E-state index is -3.51. The molecule has 0 bridgehead atoms. The van der Waals surface area contributed by atoms with Gasteiger partial charge in [-0.25, -0.2) is 8.42 Å². The average molecular weight is 312 g/mol. The molecule has 0 atom stereocenters. The predicted octanol–water partition coefficient (Wildman–Crippen LogP) is 0.317. The number of nitrogens with zero attached hydrogens (tertiary/aromatic N) is 2. The summed E-state index contributed by atoms with van der Waals surface area (Å²) in [6.07, 6.45) is 1.96. The highest BCUT2D eigenvalue weighted by atomic mass is 32.2. The number of hydrogen-bond donors (Lipinski definition) is 2. The van der Waals surface area contributed by atoms with Crippen LogP contribution < -0.4 is 5.32 Å². The summed E-state index contributed by atoms with van der Waals surface area (Å²) in [5.74, 6) is 0.0767. The van der Waals surface area contributed by atoms with E-state index in [4.69, 9.17) is 0 Å². The Labute approximate surface area is 124 Å². The lowest BCUT2D eigenvalue weighted by atomic mass is 9.78. The molecule has 2 aliphatic heterocycles. The van der Waals surface area contributed by atoms with E-state index >= 15 is 0 Å². The van der Waals surface area contributed by atoms with Gasteiger partial charge < -0.3 is 5.32 Å². The monoisotopic (exact) mass is 312 g/mol. The summed E-state index contributed by atoms with van der Waals surface area (Å²) in [6, 6.07) is 0. The first kappa shape index (κ1) is 14.5. The summed E-state index contributed by atoms with van der Waals surface area (Å²) in [5, 5.41) is 9.56. The summed E-state index contributed by atoms with van der Waals surface area (Å²) in [4.78, 5) is 11.7. The quantitative estimate of drug-likeness (QED) is 0.822. The van der Waals surface area contributed by atoms with Crippen molar-refractivity contribution in [1.29, 1.82) is 0 Å². The molecule has 3 heterocycles. The molecule has 2 N–H and O–H groups in total. The largest absolute Gasteiger partial charge is 0.356 e. The fourth-order valence-electron chi connectivity index (χ4n) is 3.36. The molecule has 21 heavy (non-hydrogen) atoms. The van der Waals surface area contributed by atoms with Gasteiger partial charge in [0, 0.05) is 26.1 Å². The highest BCUT2D eigenvalue weighted by molar-refractivity contribution is 7.89. The van der Waals surface area contributed by atoms with Crippen molar-refractivity contribution in [3.63, 3.8) is 0 Å². The van der Waals surface area contributed by atoms with Gasteiger partial charge in [-0.2, -0.15) is 9.40 Å². The number of sulfonamides is 1. The number of aromatic nitrogens is 2. The fraction of sp³-hybridized carbons (Fsp3) is 0.692. The van der Waals surface area contributed by atoms with E-state index < -0.39 is 10.0 Å². The van der Waals surface area contributed by atoms with Crippen molar-refractivity contribution in [2.24, 2.45) is 5.41 Å². The average Bonchev–Trinajstić information content (AvgIpc) is 2.94. The molecule has 2 fully saturated rings. The van der Waals surface area contributed by atoms with Crippen LogP contribution in [0.3, 0.4) is 0 Å². The van der Waals surface area contributed by atoms with Crippen molar-refractivity contribution in [3.8, 4) is 0 Å². The molecule has 3 rings (SSSR count). The van der Waals surface area contributed by atoms with E-state index in [0.29, 0.717) is 42.3 Å². The molecular weight excluding hydrogens is 292 g/mol. The Morgan fingerprint density at radius 2 is 1.90 bits per heavy atom. The summed E-state index contributed by atoms with van der Waals surface area (Å²) < 4.78 is 27.0. The van der Waals surface area contributed by atoms with E-state index in [1.54, 1.807) is 13.8 Å². The van der Waals surface area contributed by atoms with Crippen molar-refractivity contribution in [2.45, 2.75) is 38.0 Å². The Kier molecular flexibility index (Phi) is 3.32. The second-order valence-corrected chi connectivity index (χ2v) is 8.00. The molecule has 7 nitrogen and oxygen atoms in total. The molecule has 0 aliphatic carbocycles. The number of aryl methyl sites for hydroxylation is 2. The summed E-state index contributed by atoms with van der Waals surface area (Å²) >= 11 is 0. The zero-order chi connectivity index (χ0) is 15.3. The Morgan fingerprint density at radius 1 is 1.24 bits per heavy atom. The Bertz CT molecular complexity index is 652. The number of rotatable bonds is 2. The lowest BCUT2D eigenvalue weighted by Gasteiger charge is -2.37. The highest BCUT2D eigenvalue weighted by Gasteiger charge is 2.43. The van der Waals surface area contributed by atoms with Crippen molar-refractivity contribution in [2.75, 3.05) is 19.6 Å². The molecule has 0 unspecified atom stereocenters. The number of amides is 1. The van der Waals surface area contributed by atoms with E-state index in [1.807, 2.05) is 0 Å². The van der Waals surface area contributed by atoms with E-state index in [1.165, 1.54) is 4.31 Å². The van der Waals surface area contributed by atoms with Crippen LogP contribution >= 0.6 is 0 Å². The highest BCUT2D eigenvalue weighted by Crippen LogP contribution is 2.39. The van der Waals surface area contributed by atoms with Crippen LogP contribution in [0, 0.1) is 19.3 Å². The summed E-state index contributed by atoms with van der Waals surface area (Å²) in [5.41, 5.74) is 1.03. The van der Waals surface area contributed by atoms with Crippen molar-refractivity contribution in [3.05, 3.63) is 11.4 Å². The van der Waals surface area contributed by atoms with Crippen LogP contribution in [0.4, 0.5) is 0 Å². The summed E-state index contributed by atoms with van der Waals surface area (Å²) in [6.45, 7) is 5.01. The third kappa shape index (κ3) is 2.36. The minimum absolute atomic E-state index is 0.0520. The van der Waals surface area contributed by atoms with Gasteiger partial charge in [-0.15, -0.1) is 0 Å². The topological polar surface area (TPSA) is 95.2 Å². The lowest BCUT2D eigenvalue weighted by Crippen LogP contribution is -2.44. The molecule has 0 radical (unpaired) electrons. The van der Waals surface area contributed by atoms with E-state index in [2.05, 4.69) is 15.5 Å². The SMILES string of the molecule is Cc1n[nH]c(C)c1S(=O)(=O)N1CCC2(CC1)CNC(=O)C2. The molecule has 2 aliphatic rings. The van der Waals surface area contributed by atoms with Crippen LogP contribution in [0.25, 0.3) is 0 Å². The molecular formula is C13H20N4O3S. The molecule has 1 aromatic heterocycles. The van der Waals surface area contributed by atoms with Gasteiger partial charge in [0.15, 0.2) is 0 Å². The van der Waals surface area contributed by atoms with Crippen molar-refractivity contribution < 1.29 is 13.2 Å². The second-order valence-electron chi connectivity index (χ2n) is 6.12. The standard InChI is InChI=1S/C13H20N4O3S/c1-9-12(10(2)16-15-9)21(19,20)17-5-3-13(4-6-17)7-11(18)14-8-13/h3-8H2,1-2H3,(H,14,18)(H,15,16). The summed E-state index contributed by atoms with van der Waals surface area (Å²) in [7, 11) is -3.51. The van der Waals surface area contributed by atoms with Crippen LogP contribution in [-0.2, 0) is 14.8 Å². The Morgan fingerprint density at radius 3 is 2.38 bits per heavy atom. The predicted molar refractivity (Wildman–Crippen MR) is 76.1 cm³/mol.